The van der Waals surface area contributed by atoms with Crippen LogP contribution in [0, 0.1) is 0 Å². The lowest BCUT2D eigenvalue weighted by atomic mass is 10.2. The fraction of sp³-hybridized carbons (Fsp3) is 0. The Balaban J connectivity index is 2.47. The van der Waals surface area contributed by atoms with Gasteiger partial charge >= 0.3 is 5.97 Å². The topological polar surface area (TPSA) is 68.0 Å². The zero-order chi connectivity index (χ0) is 10.8. The van der Waals surface area contributed by atoms with Crippen LogP contribution in [0.4, 0.5) is 0 Å². The third-order valence-electron chi connectivity index (χ3n) is 1.90. The van der Waals surface area contributed by atoms with Crippen molar-refractivity contribution in [2.75, 3.05) is 0 Å². The van der Waals surface area contributed by atoms with Crippen LogP contribution in [0.3, 0.4) is 0 Å². The van der Waals surface area contributed by atoms with Crippen LogP contribution in [0.15, 0.2) is 30.9 Å². The lowest BCUT2D eigenvalue weighted by Crippen LogP contribution is -1.99. The average Bonchev–Trinajstić information content (AvgIpc) is 2.69. The molecule has 1 heterocycles. The summed E-state index contributed by atoms with van der Waals surface area (Å²) in [4.78, 5) is 10.7. The summed E-state index contributed by atoms with van der Waals surface area (Å²) in [5, 5.41) is 16.2. The summed E-state index contributed by atoms with van der Waals surface area (Å²) in [7, 11) is 0. The molecule has 0 spiro atoms. The molecule has 0 radical (unpaired) electrons. The summed E-state index contributed by atoms with van der Waals surface area (Å²) < 4.78 is 1.64. The molecule has 1 N–H and O–H groups in total. The number of carbonyl (C=O) groups is 1. The number of hydrogen-bond acceptors (Lipinski definition) is 3. The van der Waals surface area contributed by atoms with Gasteiger partial charge in [-0.05, 0) is 18.2 Å². The van der Waals surface area contributed by atoms with Crippen molar-refractivity contribution in [3.05, 3.63) is 41.4 Å². The summed E-state index contributed by atoms with van der Waals surface area (Å²) in [6.07, 6.45) is 3.01. The second-order valence-electron chi connectivity index (χ2n) is 2.84. The molecule has 76 valence electrons. The van der Waals surface area contributed by atoms with E-state index in [0.717, 1.165) is 5.69 Å². The first kappa shape index (κ1) is 9.67. The van der Waals surface area contributed by atoms with Gasteiger partial charge in [0.1, 0.15) is 12.7 Å². The minimum atomic E-state index is -1.05. The normalized spacial score (nSPS) is 10.2. The molecule has 2 aromatic rings. The number of nitrogens with zero attached hydrogens (tertiary/aromatic N) is 3. The van der Waals surface area contributed by atoms with Gasteiger partial charge in [-0.25, -0.2) is 4.79 Å². The number of aromatic carboxylic acids is 1. The number of rotatable bonds is 2. The molecule has 0 bridgehead atoms. The van der Waals surface area contributed by atoms with Gasteiger partial charge < -0.3 is 5.11 Å². The standard InChI is InChI=1S/C9H6ClN3O2/c10-8-3-6(13-4-11-12-5-13)1-2-7(8)9(14)15/h1-5H,(H,14,15). The molecule has 1 aromatic heterocycles. The van der Waals surface area contributed by atoms with Crippen LogP contribution in [0.1, 0.15) is 10.4 Å². The minimum Gasteiger partial charge on any atom is -0.478 e. The predicted octanol–water partition coefficient (Wildman–Crippen LogP) is 1.62. The Morgan fingerprint density at radius 3 is 2.53 bits per heavy atom. The largest absolute Gasteiger partial charge is 0.478 e. The molecule has 2 rings (SSSR count). The molecule has 0 amide bonds. The number of carboxylic acid groups (broad SMARTS) is 1. The number of carboxylic acids is 1. The molecule has 0 fully saturated rings. The highest BCUT2D eigenvalue weighted by Crippen LogP contribution is 2.19. The van der Waals surface area contributed by atoms with Crippen LogP contribution in [0.25, 0.3) is 5.69 Å². The summed E-state index contributed by atoms with van der Waals surface area (Å²) in [6, 6.07) is 4.63. The quantitative estimate of drug-likeness (QED) is 0.840. The first-order valence-electron chi connectivity index (χ1n) is 4.06. The van der Waals surface area contributed by atoms with Gasteiger partial charge in [0.25, 0.3) is 0 Å². The number of aromatic nitrogens is 3. The van der Waals surface area contributed by atoms with E-state index in [0.29, 0.717) is 0 Å². The number of hydrogen-bond donors (Lipinski definition) is 1. The SMILES string of the molecule is O=C(O)c1ccc(-n2cnnc2)cc1Cl. The monoisotopic (exact) mass is 223 g/mol. The Labute approximate surface area is 89.9 Å². The number of benzene rings is 1. The Bertz CT molecular complexity index is 496. The Hall–Kier alpha value is -1.88. The molecular formula is C9H6ClN3O2. The van der Waals surface area contributed by atoms with Crippen molar-refractivity contribution in [3.63, 3.8) is 0 Å². The lowest BCUT2D eigenvalue weighted by molar-refractivity contribution is 0.0697. The highest BCUT2D eigenvalue weighted by atomic mass is 35.5. The van der Waals surface area contributed by atoms with Crippen molar-refractivity contribution in [1.82, 2.24) is 14.8 Å². The van der Waals surface area contributed by atoms with Gasteiger partial charge in [-0.2, -0.15) is 0 Å². The van der Waals surface area contributed by atoms with Gasteiger partial charge in [0.2, 0.25) is 0 Å². The van der Waals surface area contributed by atoms with Gasteiger partial charge in [0.05, 0.1) is 10.6 Å². The van der Waals surface area contributed by atoms with Gasteiger partial charge in [-0.15, -0.1) is 10.2 Å². The van der Waals surface area contributed by atoms with Crippen molar-refractivity contribution < 1.29 is 9.90 Å². The molecule has 0 aliphatic heterocycles. The fourth-order valence-electron chi connectivity index (χ4n) is 1.17. The van der Waals surface area contributed by atoms with E-state index >= 15 is 0 Å². The van der Waals surface area contributed by atoms with Gasteiger partial charge in [-0.1, -0.05) is 11.6 Å². The van der Waals surface area contributed by atoms with E-state index in [2.05, 4.69) is 10.2 Å². The van der Waals surface area contributed by atoms with Crippen LogP contribution >= 0.6 is 11.6 Å². The Morgan fingerprint density at radius 1 is 1.33 bits per heavy atom. The van der Waals surface area contributed by atoms with Crippen molar-refractivity contribution in [2.45, 2.75) is 0 Å². The zero-order valence-electron chi connectivity index (χ0n) is 7.46. The molecular weight excluding hydrogens is 218 g/mol. The van der Waals surface area contributed by atoms with Gasteiger partial charge in [0, 0.05) is 5.69 Å². The second kappa shape index (κ2) is 3.70. The summed E-state index contributed by atoms with van der Waals surface area (Å²) >= 11 is 5.81. The van der Waals surface area contributed by atoms with E-state index in [9.17, 15) is 4.79 Å². The van der Waals surface area contributed by atoms with Gasteiger partial charge in [-0.3, -0.25) is 4.57 Å². The molecule has 6 heteroatoms. The lowest BCUT2D eigenvalue weighted by Gasteiger charge is -2.03. The number of halogens is 1. The third kappa shape index (κ3) is 1.82. The fourth-order valence-corrected chi connectivity index (χ4v) is 1.43. The average molecular weight is 224 g/mol. The smallest absolute Gasteiger partial charge is 0.337 e. The van der Waals surface area contributed by atoms with Crippen molar-refractivity contribution in [2.24, 2.45) is 0 Å². The molecule has 0 saturated carbocycles. The maximum absolute atomic E-state index is 10.7. The molecule has 5 nitrogen and oxygen atoms in total. The van der Waals surface area contributed by atoms with E-state index in [1.54, 1.807) is 16.7 Å². The van der Waals surface area contributed by atoms with E-state index in [-0.39, 0.29) is 10.6 Å². The van der Waals surface area contributed by atoms with E-state index in [4.69, 9.17) is 16.7 Å². The van der Waals surface area contributed by atoms with E-state index in [1.807, 2.05) is 0 Å². The van der Waals surface area contributed by atoms with Crippen molar-refractivity contribution in [1.29, 1.82) is 0 Å². The van der Waals surface area contributed by atoms with Crippen LogP contribution in [0.5, 0.6) is 0 Å². The highest BCUT2D eigenvalue weighted by Gasteiger charge is 2.09. The summed E-state index contributed by atoms with van der Waals surface area (Å²) in [5.74, 6) is -1.05. The van der Waals surface area contributed by atoms with E-state index < -0.39 is 5.97 Å². The zero-order valence-corrected chi connectivity index (χ0v) is 8.22. The molecule has 0 aliphatic rings. The third-order valence-corrected chi connectivity index (χ3v) is 2.21. The van der Waals surface area contributed by atoms with Crippen LogP contribution in [0.2, 0.25) is 5.02 Å². The summed E-state index contributed by atoms with van der Waals surface area (Å²) in [5.41, 5.74) is 0.795. The Morgan fingerprint density at radius 2 is 2.00 bits per heavy atom. The summed E-state index contributed by atoms with van der Waals surface area (Å²) in [6.45, 7) is 0. The maximum Gasteiger partial charge on any atom is 0.337 e. The predicted molar refractivity (Wildman–Crippen MR) is 53.3 cm³/mol. The van der Waals surface area contributed by atoms with Crippen molar-refractivity contribution >= 4 is 17.6 Å². The molecule has 0 saturated heterocycles. The molecule has 0 unspecified atom stereocenters. The highest BCUT2D eigenvalue weighted by molar-refractivity contribution is 6.33. The maximum atomic E-state index is 10.7. The van der Waals surface area contributed by atoms with Crippen LogP contribution < -0.4 is 0 Å². The molecule has 1 aromatic carbocycles. The Kier molecular flexibility index (Phi) is 2.39. The second-order valence-corrected chi connectivity index (χ2v) is 3.25. The minimum absolute atomic E-state index is 0.0773. The first-order chi connectivity index (χ1) is 7.18. The molecule has 15 heavy (non-hydrogen) atoms. The van der Waals surface area contributed by atoms with Gasteiger partial charge in [0.15, 0.2) is 0 Å². The van der Waals surface area contributed by atoms with Crippen LogP contribution in [-0.4, -0.2) is 25.8 Å². The van der Waals surface area contributed by atoms with Crippen molar-refractivity contribution in [3.8, 4) is 5.69 Å². The van der Waals surface area contributed by atoms with Crippen LogP contribution in [-0.2, 0) is 0 Å². The first-order valence-corrected chi connectivity index (χ1v) is 4.44. The molecule has 0 aliphatic carbocycles. The van der Waals surface area contributed by atoms with E-state index in [1.165, 1.54) is 18.7 Å². The molecule has 0 atom stereocenters.